The largest absolute Gasteiger partial charge is 0.309 e. The molecule has 1 heterocycles. The van der Waals surface area contributed by atoms with Crippen molar-refractivity contribution in [2.75, 3.05) is 37.8 Å². The Labute approximate surface area is 179 Å². The van der Waals surface area contributed by atoms with Gasteiger partial charge in [-0.3, -0.25) is 9.69 Å². The summed E-state index contributed by atoms with van der Waals surface area (Å²) < 4.78 is 14.2. The van der Waals surface area contributed by atoms with Crippen molar-refractivity contribution in [3.8, 4) is 0 Å². The molecule has 0 atom stereocenters. The molecule has 0 aliphatic carbocycles. The summed E-state index contributed by atoms with van der Waals surface area (Å²) in [6, 6.07) is 10.5. The molecule has 0 aliphatic heterocycles. The first-order valence-electron chi connectivity index (χ1n) is 9.55. The van der Waals surface area contributed by atoms with Crippen LogP contribution in [0.5, 0.6) is 0 Å². The highest BCUT2D eigenvalue weighted by atomic mass is 32.2. The second-order valence-corrected chi connectivity index (χ2v) is 9.40. The second kappa shape index (κ2) is 9.69. The molecule has 0 aliphatic rings. The maximum absolute atomic E-state index is 13.1. The number of amides is 1. The van der Waals surface area contributed by atoms with Crippen LogP contribution in [-0.2, 0) is 4.79 Å². The predicted octanol–water partition coefficient (Wildman–Crippen LogP) is 5.13. The van der Waals surface area contributed by atoms with Crippen LogP contribution in [0.4, 0.5) is 9.52 Å². The molecule has 3 rings (SSSR count). The topological polar surface area (TPSA) is 36.4 Å². The third-order valence-electron chi connectivity index (χ3n) is 4.69. The zero-order chi connectivity index (χ0) is 21.0. The molecular formula is C22H26FN3OS2. The molecule has 3 aromatic rings. The van der Waals surface area contributed by atoms with E-state index < -0.39 is 0 Å². The van der Waals surface area contributed by atoms with Gasteiger partial charge in [0.2, 0.25) is 5.91 Å². The highest BCUT2D eigenvalue weighted by molar-refractivity contribution is 8.00. The third kappa shape index (κ3) is 5.78. The first-order chi connectivity index (χ1) is 13.8. The van der Waals surface area contributed by atoms with E-state index in [1.54, 1.807) is 28.4 Å². The number of benzene rings is 2. The SMILES string of the molecule is Cc1cc2nc(N(CCCN(C)C)C(=O)CSc3ccc(F)cc3)sc2cc1C. The number of aryl methyl sites for hydroxylation is 2. The van der Waals surface area contributed by atoms with E-state index in [4.69, 9.17) is 4.98 Å². The summed E-state index contributed by atoms with van der Waals surface area (Å²) in [5.41, 5.74) is 3.36. The molecule has 1 aromatic heterocycles. The van der Waals surface area contributed by atoms with Crippen molar-refractivity contribution in [2.24, 2.45) is 0 Å². The van der Waals surface area contributed by atoms with E-state index in [9.17, 15) is 9.18 Å². The Bertz CT molecular complexity index is 947. The van der Waals surface area contributed by atoms with Gasteiger partial charge in [0, 0.05) is 11.4 Å². The van der Waals surface area contributed by atoms with Crippen molar-refractivity contribution in [2.45, 2.75) is 25.2 Å². The number of carbonyl (C=O) groups excluding carboxylic acids is 1. The Hall–Kier alpha value is -1.96. The Morgan fingerprint density at radius 2 is 1.79 bits per heavy atom. The predicted molar refractivity (Wildman–Crippen MR) is 122 cm³/mol. The molecule has 0 spiro atoms. The fourth-order valence-electron chi connectivity index (χ4n) is 2.91. The molecule has 0 N–H and O–H groups in total. The molecule has 0 fully saturated rings. The Morgan fingerprint density at radius 1 is 1.10 bits per heavy atom. The highest BCUT2D eigenvalue weighted by Crippen LogP contribution is 2.31. The van der Waals surface area contributed by atoms with Crippen molar-refractivity contribution in [1.82, 2.24) is 9.88 Å². The van der Waals surface area contributed by atoms with Gasteiger partial charge in [-0.15, -0.1) is 11.8 Å². The van der Waals surface area contributed by atoms with E-state index in [0.717, 1.165) is 33.2 Å². The maximum Gasteiger partial charge on any atom is 0.239 e. The van der Waals surface area contributed by atoms with Crippen molar-refractivity contribution >= 4 is 44.4 Å². The number of rotatable bonds is 8. The van der Waals surface area contributed by atoms with Gasteiger partial charge in [-0.1, -0.05) is 11.3 Å². The Morgan fingerprint density at radius 3 is 2.48 bits per heavy atom. The number of anilines is 1. The normalized spacial score (nSPS) is 11.4. The van der Waals surface area contributed by atoms with Crippen LogP contribution in [0.25, 0.3) is 10.2 Å². The first kappa shape index (κ1) is 21.7. The van der Waals surface area contributed by atoms with Gasteiger partial charge in [-0.25, -0.2) is 9.37 Å². The summed E-state index contributed by atoms with van der Waals surface area (Å²) in [5, 5.41) is 0.744. The fourth-order valence-corrected chi connectivity index (χ4v) is 4.77. The third-order valence-corrected chi connectivity index (χ3v) is 6.73. The van der Waals surface area contributed by atoms with Crippen LogP contribution in [0.15, 0.2) is 41.3 Å². The number of thiazole rings is 1. The van der Waals surface area contributed by atoms with Gasteiger partial charge in [-0.2, -0.15) is 0 Å². The minimum absolute atomic E-state index is 0.0191. The lowest BCUT2D eigenvalue weighted by Crippen LogP contribution is -2.34. The molecule has 2 aromatic carbocycles. The van der Waals surface area contributed by atoms with E-state index >= 15 is 0 Å². The van der Waals surface area contributed by atoms with E-state index in [-0.39, 0.29) is 11.7 Å². The number of nitrogens with zero attached hydrogens (tertiary/aromatic N) is 3. The lowest BCUT2D eigenvalue weighted by atomic mass is 10.1. The molecule has 0 unspecified atom stereocenters. The number of thioether (sulfide) groups is 1. The number of hydrogen-bond donors (Lipinski definition) is 0. The van der Waals surface area contributed by atoms with Gasteiger partial charge >= 0.3 is 0 Å². The second-order valence-electron chi connectivity index (χ2n) is 7.35. The highest BCUT2D eigenvalue weighted by Gasteiger charge is 2.20. The zero-order valence-electron chi connectivity index (χ0n) is 17.2. The number of fused-ring (bicyclic) bond motifs is 1. The van der Waals surface area contributed by atoms with Crippen LogP contribution < -0.4 is 4.90 Å². The summed E-state index contributed by atoms with van der Waals surface area (Å²) in [4.78, 5) is 22.6. The molecule has 7 heteroatoms. The van der Waals surface area contributed by atoms with Crippen LogP contribution in [0.1, 0.15) is 17.5 Å². The number of aromatic nitrogens is 1. The lowest BCUT2D eigenvalue weighted by Gasteiger charge is -2.21. The van der Waals surface area contributed by atoms with Crippen molar-refractivity contribution in [1.29, 1.82) is 0 Å². The number of halogens is 1. The molecule has 0 saturated heterocycles. The van der Waals surface area contributed by atoms with Gasteiger partial charge < -0.3 is 4.90 Å². The van der Waals surface area contributed by atoms with Crippen LogP contribution >= 0.6 is 23.1 Å². The van der Waals surface area contributed by atoms with Crippen molar-refractivity contribution < 1.29 is 9.18 Å². The van der Waals surface area contributed by atoms with Gasteiger partial charge in [0.05, 0.1) is 16.0 Å². The first-order valence-corrected chi connectivity index (χ1v) is 11.3. The molecule has 154 valence electrons. The summed E-state index contributed by atoms with van der Waals surface area (Å²) in [7, 11) is 4.06. The van der Waals surface area contributed by atoms with Gasteiger partial charge in [0.15, 0.2) is 5.13 Å². The summed E-state index contributed by atoms with van der Waals surface area (Å²) in [5.74, 6) is 0.0401. The summed E-state index contributed by atoms with van der Waals surface area (Å²) in [6.07, 6.45) is 0.869. The van der Waals surface area contributed by atoms with Crippen LogP contribution in [0.3, 0.4) is 0 Å². The van der Waals surface area contributed by atoms with Crippen LogP contribution in [0.2, 0.25) is 0 Å². The molecule has 0 radical (unpaired) electrons. The summed E-state index contributed by atoms with van der Waals surface area (Å²) >= 11 is 2.98. The van der Waals surface area contributed by atoms with Crippen LogP contribution in [-0.4, -0.2) is 48.7 Å². The fraction of sp³-hybridized carbons (Fsp3) is 0.364. The number of carbonyl (C=O) groups is 1. The average Bonchev–Trinajstić information content (AvgIpc) is 3.07. The van der Waals surface area contributed by atoms with Gasteiger partial charge in [0.1, 0.15) is 5.82 Å². The lowest BCUT2D eigenvalue weighted by molar-refractivity contribution is -0.116. The number of hydrogen-bond acceptors (Lipinski definition) is 5. The molecule has 0 saturated carbocycles. The summed E-state index contributed by atoms with van der Waals surface area (Å²) in [6.45, 7) is 5.69. The zero-order valence-corrected chi connectivity index (χ0v) is 18.9. The monoisotopic (exact) mass is 431 g/mol. The van der Waals surface area contributed by atoms with E-state index in [1.165, 1.54) is 35.0 Å². The standard InChI is InChI=1S/C22H26FN3OS2/c1-15-12-19-20(13-16(15)2)29-22(24-19)26(11-5-10-25(3)4)21(27)14-28-18-8-6-17(23)7-9-18/h6-9,12-13H,5,10-11,14H2,1-4H3. The molecule has 29 heavy (non-hydrogen) atoms. The quantitative estimate of drug-likeness (QED) is 0.463. The van der Waals surface area contributed by atoms with E-state index in [0.29, 0.717) is 12.3 Å². The average molecular weight is 432 g/mol. The Balaban J connectivity index is 1.79. The van der Waals surface area contributed by atoms with Gasteiger partial charge in [0.25, 0.3) is 0 Å². The van der Waals surface area contributed by atoms with E-state index in [1.807, 2.05) is 14.1 Å². The van der Waals surface area contributed by atoms with E-state index in [2.05, 4.69) is 30.9 Å². The Kier molecular flexibility index (Phi) is 7.27. The molecule has 0 bridgehead atoms. The maximum atomic E-state index is 13.1. The minimum atomic E-state index is -0.272. The van der Waals surface area contributed by atoms with Gasteiger partial charge in [-0.05, 0) is 88.4 Å². The van der Waals surface area contributed by atoms with Crippen molar-refractivity contribution in [3.05, 3.63) is 53.3 Å². The molecule has 4 nitrogen and oxygen atoms in total. The van der Waals surface area contributed by atoms with Crippen LogP contribution in [0, 0.1) is 19.7 Å². The molecular weight excluding hydrogens is 405 g/mol. The smallest absolute Gasteiger partial charge is 0.239 e. The van der Waals surface area contributed by atoms with Crippen molar-refractivity contribution in [3.63, 3.8) is 0 Å². The minimum Gasteiger partial charge on any atom is -0.309 e. The molecule has 1 amide bonds.